The Morgan fingerprint density at radius 1 is 1.44 bits per heavy atom. The molecule has 0 spiro atoms. The van der Waals surface area contributed by atoms with Crippen LogP contribution in [0.25, 0.3) is 0 Å². The van der Waals surface area contributed by atoms with Crippen molar-refractivity contribution in [3.63, 3.8) is 0 Å². The Morgan fingerprint density at radius 3 is 2.75 bits per heavy atom. The van der Waals surface area contributed by atoms with Gasteiger partial charge in [-0.25, -0.2) is 0 Å². The molecule has 0 bridgehead atoms. The second-order valence-electron chi connectivity index (χ2n) is 3.50. The topological polar surface area (TPSA) is 62.2 Å². The summed E-state index contributed by atoms with van der Waals surface area (Å²) in [5.74, 6) is -0.996. The minimum atomic E-state index is -0.733. The molecule has 1 aromatic rings. The lowest BCUT2D eigenvalue weighted by Gasteiger charge is -2.13. The summed E-state index contributed by atoms with van der Waals surface area (Å²) in [5, 5.41) is 12.1. The van der Waals surface area contributed by atoms with Crippen LogP contribution in [0.15, 0.2) is 24.5 Å². The molecular weight excluding hydrogens is 251 g/mol. The van der Waals surface area contributed by atoms with Crippen molar-refractivity contribution in [3.05, 3.63) is 30.1 Å². The van der Waals surface area contributed by atoms with Crippen LogP contribution < -0.4 is 5.32 Å². The summed E-state index contributed by atoms with van der Waals surface area (Å²) >= 11 is 0. The average molecular weight is 265 g/mol. The lowest BCUT2D eigenvalue weighted by Crippen LogP contribution is -2.21. The van der Waals surface area contributed by atoms with E-state index >= 15 is 0 Å². The number of hydrogen-bond acceptors (Lipinski definition) is 3. The van der Waals surface area contributed by atoms with E-state index in [9.17, 15) is 4.79 Å². The Bertz CT molecular complexity index is 335. The highest BCUT2D eigenvalue weighted by Gasteiger charge is 2.33. The molecule has 0 unspecified atom stereocenters. The molecule has 6 heteroatoms. The third-order valence-electron chi connectivity index (χ3n) is 2.64. The van der Waals surface area contributed by atoms with Crippen LogP contribution in [0.4, 0.5) is 0 Å². The van der Waals surface area contributed by atoms with E-state index in [2.05, 4.69) is 10.3 Å². The van der Waals surface area contributed by atoms with E-state index in [1.54, 1.807) is 12.4 Å². The van der Waals surface area contributed by atoms with Gasteiger partial charge in [-0.15, -0.1) is 24.8 Å². The van der Waals surface area contributed by atoms with E-state index in [1.807, 2.05) is 12.1 Å². The maximum absolute atomic E-state index is 10.9. The Labute approximate surface area is 106 Å². The fourth-order valence-electron chi connectivity index (χ4n) is 1.88. The summed E-state index contributed by atoms with van der Waals surface area (Å²) in [4.78, 5) is 14.9. The zero-order valence-electron chi connectivity index (χ0n) is 8.50. The number of nitrogens with one attached hydrogen (secondary N) is 1. The van der Waals surface area contributed by atoms with E-state index in [1.165, 1.54) is 0 Å². The molecule has 1 fully saturated rings. The van der Waals surface area contributed by atoms with Crippen LogP contribution >= 0.6 is 24.8 Å². The van der Waals surface area contributed by atoms with Gasteiger partial charge in [-0.3, -0.25) is 9.78 Å². The molecule has 0 aromatic carbocycles. The van der Waals surface area contributed by atoms with Gasteiger partial charge in [0.05, 0.1) is 5.92 Å². The fraction of sp³-hybridized carbons (Fsp3) is 0.400. The number of carbonyl (C=O) groups is 1. The summed E-state index contributed by atoms with van der Waals surface area (Å²) in [7, 11) is 0. The number of carboxylic acids is 1. The van der Waals surface area contributed by atoms with Crippen LogP contribution in [0, 0.1) is 5.92 Å². The SMILES string of the molecule is Cl.Cl.O=C(O)[C@@H]1CNC[C@@H]1c1cccnc1. The molecule has 2 heterocycles. The molecule has 0 saturated carbocycles. The van der Waals surface area contributed by atoms with Gasteiger partial charge in [0.15, 0.2) is 0 Å². The lowest BCUT2D eigenvalue weighted by atomic mass is 9.90. The van der Waals surface area contributed by atoms with E-state index in [-0.39, 0.29) is 36.6 Å². The van der Waals surface area contributed by atoms with Gasteiger partial charge >= 0.3 is 5.97 Å². The monoisotopic (exact) mass is 264 g/mol. The highest BCUT2D eigenvalue weighted by atomic mass is 35.5. The molecule has 2 N–H and O–H groups in total. The van der Waals surface area contributed by atoms with Crippen LogP contribution in [-0.2, 0) is 4.79 Å². The molecule has 2 atom stereocenters. The molecule has 0 radical (unpaired) electrons. The van der Waals surface area contributed by atoms with Crippen LogP contribution in [0.2, 0.25) is 0 Å². The molecule has 1 saturated heterocycles. The Hall–Kier alpha value is -0.840. The van der Waals surface area contributed by atoms with Crippen molar-refractivity contribution in [2.24, 2.45) is 5.92 Å². The van der Waals surface area contributed by atoms with Gasteiger partial charge in [-0.05, 0) is 11.6 Å². The number of rotatable bonds is 2. The largest absolute Gasteiger partial charge is 0.481 e. The number of carboxylic acid groups (broad SMARTS) is 1. The summed E-state index contributed by atoms with van der Waals surface area (Å²) in [6.45, 7) is 1.28. The Morgan fingerprint density at radius 2 is 2.19 bits per heavy atom. The molecule has 4 nitrogen and oxygen atoms in total. The predicted molar refractivity (Wildman–Crippen MR) is 65.5 cm³/mol. The van der Waals surface area contributed by atoms with E-state index in [0.717, 1.165) is 12.1 Å². The summed E-state index contributed by atoms with van der Waals surface area (Å²) in [6.07, 6.45) is 3.44. The standard InChI is InChI=1S/C10H12N2O2.2ClH/c13-10(14)9-6-12-5-8(9)7-2-1-3-11-4-7;;/h1-4,8-9,12H,5-6H2,(H,13,14);2*1H/t8-,9-;;/m1../s1. The second kappa shape index (κ2) is 6.68. The van der Waals surface area contributed by atoms with Crippen molar-refractivity contribution < 1.29 is 9.90 Å². The van der Waals surface area contributed by atoms with Gasteiger partial charge < -0.3 is 10.4 Å². The Kier molecular flexibility index (Phi) is 6.33. The zero-order chi connectivity index (χ0) is 9.97. The molecular formula is C10H14Cl2N2O2. The third-order valence-corrected chi connectivity index (χ3v) is 2.64. The first-order valence-electron chi connectivity index (χ1n) is 4.62. The van der Waals surface area contributed by atoms with Gasteiger partial charge in [0.2, 0.25) is 0 Å². The summed E-state index contributed by atoms with van der Waals surface area (Å²) in [5.41, 5.74) is 1.00. The van der Waals surface area contributed by atoms with Crippen LogP contribution in [0.1, 0.15) is 11.5 Å². The number of aromatic nitrogens is 1. The lowest BCUT2D eigenvalue weighted by molar-refractivity contribution is -0.141. The third kappa shape index (κ3) is 3.07. The summed E-state index contributed by atoms with van der Waals surface area (Å²) < 4.78 is 0. The predicted octanol–water partition coefficient (Wildman–Crippen LogP) is 1.31. The van der Waals surface area contributed by atoms with Crippen LogP contribution in [0.5, 0.6) is 0 Å². The normalized spacial score (nSPS) is 23.0. The minimum absolute atomic E-state index is 0. The number of hydrogen-bond donors (Lipinski definition) is 2. The van der Waals surface area contributed by atoms with Crippen molar-refractivity contribution in [2.75, 3.05) is 13.1 Å². The molecule has 1 aromatic heterocycles. The van der Waals surface area contributed by atoms with Crippen LogP contribution in [-0.4, -0.2) is 29.1 Å². The molecule has 0 aliphatic carbocycles. The molecule has 16 heavy (non-hydrogen) atoms. The first-order chi connectivity index (χ1) is 6.79. The van der Waals surface area contributed by atoms with Crippen LogP contribution in [0.3, 0.4) is 0 Å². The van der Waals surface area contributed by atoms with Crippen molar-refractivity contribution in [1.82, 2.24) is 10.3 Å². The highest BCUT2D eigenvalue weighted by molar-refractivity contribution is 5.85. The fourth-order valence-corrected chi connectivity index (χ4v) is 1.88. The molecule has 1 aliphatic rings. The number of aliphatic carboxylic acids is 1. The number of halogens is 2. The van der Waals surface area contributed by atoms with Gasteiger partial charge in [0, 0.05) is 31.4 Å². The smallest absolute Gasteiger partial charge is 0.308 e. The Balaban J connectivity index is 0.00000112. The number of pyridine rings is 1. The van der Waals surface area contributed by atoms with Crippen molar-refractivity contribution in [1.29, 1.82) is 0 Å². The zero-order valence-corrected chi connectivity index (χ0v) is 10.1. The molecule has 2 rings (SSSR count). The maximum atomic E-state index is 10.9. The van der Waals surface area contributed by atoms with Gasteiger partial charge in [-0.2, -0.15) is 0 Å². The van der Waals surface area contributed by atoms with Crippen molar-refractivity contribution in [3.8, 4) is 0 Å². The first kappa shape index (κ1) is 15.2. The second-order valence-corrected chi connectivity index (χ2v) is 3.50. The van der Waals surface area contributed by atoms with Gasteiger partial charge in [0.25, 0.3) is 0 Å². The van der Waals surface area contributed by atoms with Crippen molar-refractivity contribution in [2.45, 2.75) is 5.92 Å². The highest BCUT2D eigenvalue weighted by Crippen LogP contribution is 2.27. The van der Waals surface area contributed by atoms with Gasteiger partial charge in [0.1, 0.15) is 0 Å². The molecule has 1 aliphatic heterocycles. The number of nitrogens with zero attached hydrogens (tertiary/aromatic N) is 1. The van der Waals surface area contributed by atoms with E-state index in [0.29, 0.717) is 6.54 Å². The average Bonchev–Trinajstić information content (AvgIpc) is 2.67. The maximum Gasteiger partial charge on any atom is 0.308 e. The first-order valence-corrected chi connectivity index (χ1v) is 4.62. The molecule has 0 amide bonds. The van der Waals surface area contributed by atoms with Crippen molar-refractivity contribution >= 4 is 30.8 Å². The minimum Gasteiger partial charge on any atom is -0.481 e. The quantitative estimate of drug-likeness (QED) is 0.846. The van der Waals surface area contributed by atoms with Gasteiger partial charge in [-0.1, -0.05) is 6.07 Å². The van der Waals surface area contributed by atoms with E-state index in [4.69, 9.17) is 5.11 Å². The molecule has 90 valence electrons. The van der Waals surface area contributed by atoms with E-state index < -0.39 is 5.97 Å². The summed E-state index contributed by atoms with van der Waals surface area (Å²) in [6, 6.07) is 3.77.